The second-order valence-corrected chi connectivity index (χ2v) is 4.84. The Labute approximate surface area is 93.0 Å². The average Bonchev–Trinajstić information content (AvgIpc) is 2.89. The summed E-state index contributed by atoms with van der Waals surface area (Å²) in [6.45, 7) is 7.24. The van der Waals surface area contributed by atoms with Gasteiger partial charge >= 0.3 is 0 Å². The normalized spacial score (nSPS) is 24.3. The van der Waals surface area contributed by atoms with Gasteiger partial charge in [-0.15, -0.1) is 0 Å². The molecule has 1 fully saturated rings. The van der Waals surface area contributed by atoms with Crippen molar-refractivity contribution in [2.24, 2.45) is 11.7 Å². The van der Waals surface area contributed by atoms with Gasteiger partial charge < -0.3 is 10.6 Å². The predicted octanol–water partition coefficient (Wildman–Crippen LogP) is 1.76. The molecular weight excluding hydrogens is 188 g/mol. The highest BCUT2D eigenvalue weighted by molar-refractivity contribution is 5.82. The Morgan fingerprint density at radius 3 is 2.47 bits per heavy atom. The molecule has 0 radical (unpaired) electrons. The summed E-state index contributed by atoms with van der Waals surface area (Å²) < 4.78 is 0. The maximum atomic E-state index is 12.0. The van der Waals surface area contributed by atoms with Crippen LogP contribution in [0.25, 0.3) is 0 Å². The van der Waals surface area contributed by atoms with Gasteiger partial charge in [0.2, 0.25) is 5.91 Å². The molecule has 15 heavy (non-hydrogen) atoms. The van der Waals surface area contributed by atoms with E-state index in [4.69, 9.17) is 5.73 Å². The van der Waals surface area contributed by atoms with Crippen LogP contribution in [0.5, 0.6) is 0 Å². The van der Waals surface area contributed by atoms with Crippen LogP contribution < -0.4 is 5.73 Å². The molecule has 0 aromatic heterocycles. The van der Waals surface area contributed by atoms with Crippen LogP contribution in [0.1, 0.15) is 46.5 Å². The first-order chi connectivity index (χ1) is 7.07. The van der Waals surface area contributed by atoms with Gasteiger partial charge in [0.15, 0.2) is 0 Å². The number of amides is 1. The van der Waals surface area contributed by atoms with Crippen molar-refractivity contribution < 1.29 is 4.79 Å². The third kappa shape index (κ3) is 3.49. The van der Waals surface area contributed by atoms with Crippen LogP contribution in [0.3, 0.4) is 0 Å². The van der Waals surface area contributed by atoms with Gasteiger partial charge in [-0.2, -0.15) is 0 Å². The number of hydrogen-bond donors (Lipinski definition) is 1. The summed E-state index contributed by atoms with van der Waals surface area (Å²) in [4.78, 5) is 14.0. The fourth-order valence-electron chi connectivity index (χ4n) is 1.87. The zero-order valence-corrected chi connectivity index (χ0v) is 10.2. The Morgan fingerprint density at radius 1 is 1.47 bits per heavy atom. The van der Waals surface area contributed by atoms with Crippen molar-refractivity contribution in [3.05, 3.63) is 0 Å². The molecule has 0 aromatic carbocycles. The van der Waals surface area contributed by atoms with Crippen LogP contribution in [-0.4, -0.2) is 29.4 Å². The largest absolute Gasteiger partial charge is 0.340 e. The molecule has 0 spiro atoms. The van der Waals surface area contributed by atoms with Crippen molar-refractivity contribution in [1.29, 1.82) is 0 Å². The van der Waals surface area contributed by atoms with Crippen LogP contribution in [0, 0.1) is 5.92 Å². The molecule has 1 amide bonds. The third-order valence-electron chi connectivity index (χ3n) is 3.07. The van der Waals surface area contributed by atoms with Crippen LogP contribution in [0.15, 0.2) is 0 Å². The van der Waals surface area contributed by atoms with Gasteiger partial charge in [0.1, 0.15) is 0 Å². The van der Waals surface area contributed by atoms with E-state index in [1.54, 1.807) is 0 Å². The zero-order valence-electron chi connectivity index (χ0n) is 10.2. The van der Waals surface area contributed by atoms with Gasteiger partial charge in [-0.05, 0) is 26.7 Å². The van der Waals surface area contributed by atoms with Gasteiger partial charge in [0, 0.05) is 18.6 Å². The molecule has 0 aliphatic heterocycles. The van der Waals surface area contributed by atoms with Crippen LogP contribution in [0.2, 0.25) is 0 Å². The van der Waals surface area contributed by atoms with Crippen molar-refractivity contribution in [1.82, 2.24) is 4.90 Å². The molecular formula is C12H24N2O. The van der Waals surface area contributed by atoms with Crippen LogP contribution in [0.4, 0.5) is 0 Å². The van der Waals surface area contributed by atoms with Gasteiger partial charge in [0.25, 0.3) is 0 Å². The minimum atomic E-state index is 0.119. The molecule has 3 heteroatoms. The maximum absolute atomic E-state index is 12.0. The lowest BCUT2D eigenvalue weighted by Gasteiger charge is -2.27. The van der Waals surface area contributed by atoms with Crippen molar-refractivity contribution >= 4 is 5.91 Å². The quantitative estimate of drug-likeness (QED) is 0.682. The first-order valence-electron chi connectivity index (χ1n) is 6.14. The van der Waals surface area contributed by atoms with Gasteiger partial charge in [-0.3, -0.25) is 4.79 Å². The van der Waals surface area contributed by atoms with E-state index in [2.05, 4.69) is 20.8 Å². The SMILES string of the molecule is CCCCCN(C(=O)C1CC1N)C(C)C. The summed E-state index contributed by atoms with van der Waals surface area (Å²) in [5.41, 5.74) is 5.71. The molecule has 1 aliphatic rings. The van der Waals surface area contributed by atoms with Crippen molar-refractivity contribution in [3.8, 4) is 0 Å². The van der Waals surface area contributed by atoms with E-state index in [9.17, 15) is 4.79 Å². The lowest BCUT2D eigenvalue weighted by atomic mass is 10.2. The lowest BCUT2D eigenvalue weighted by Crippen LogP contribution is -2.39. The van der Waals surface area contributed by atoms with E-state index in [1.165, 1.54) is 12.8 Å². The fourth-order valence-corrected chi connectivity index (χ4v) is 1.87. The topological polar surface area (TPSA) is 46.3 Å². The molecule has 2 atom stereocenters. The first kappa shape index (κ1) is 12.5. The summed E-state index contributed by atoms with van der Waals surface area (Å²) in [6.07, 6.45) is 4.40. The molecule has 2 N–H and O–H groups in total. The predicted molar refractivity (Wildman–Crippen MR) is 62.5 cm³/mol. The second kappa shape index (κ2) is 5.50. The van der Waals surface area contributed by atoms with Gasteiger partial charge in [-0.25, -0.2) is 0 Å². The molecule has 0 saturated heterocycles. The Morgan fingerprint density at radius 2 is 2.07 bits per heavy atom. The standard InChI is InChI=1S/C12H24N2O/c1-4-5-6-7-14(9(2)3)12(15)10-8-11(10)13/h9-11H,4-8,13H2,1-3H3. The minimum absolute atomic E-state index is 0.119. The number of carbonyl (C=O) groups is 1. The molecule has 1 saturated carbocycles. The first-order valence-corrected chi connectivity index (χ1v) is 6.14. The molecule has 1 aliphatic carbocycles. The molecule has 88 valence electrons. The number of unbranched alkanes of at least 4 members (excludes halogenated alkanes) is 2. The second-order valence-electron chi connectivity index (χ2n) is 4.84. The Balaban J connectivity index is 2.39. The number of rotatable bonds is 6. The molecule has 0 bridgehead atoms. The molecule has 3 nitrogen and oxygen atoms in total. The summed E-state index contributed by atoms with van der Waals surface area (Å²) in [7, 11) is 0. The van der Waals surface area contributed by atoms with E-state index in [0.29, 0.717) is 6.04 Å². The summed E-state index contributed by atoms with van der Waals surface area (Å²) in [5, 5.41) is 0. The summed E-state index contributed by atoms with van der Waals surface area (Å²) >= 11 is 0. The molecule has 1 rings (SSSR count). The Hall–Kier alpha value is -0.570. The smallest absolute Gasteiger partial charge is 0.227 e. The van der Waals surface area contributed by atoms with Crippen LogP contribution in [-0.2, 0) is 4.79 Å². The third-order valence-corrected chi connectivity index (χ3v) is 3.07. The van der Waals surface area contributed by atoms with Gasteiger partial charge in [0.05, 0.1) is 5.92 Å². The highest BCUT2D eigenvalue weighted by Crippen LogP contribution is 2.30. The van der Waals surface area contributed by atoms with E-state index in [-0.39, 0.29) is 17.9 Å². The Kier molecular flexibility index (Phi) is 4.58. The van der Waals surface area contributed by atoms with Crippen LogP contribution >= 0.6 is 0 Å². The highest BCUT2D eigenvalue weighted by Gasteiger charge is 2.42. The zero-order chi connectivity index (χ0) is 11.4. The maximum Gasteiger partial charge on any atom is 0.227 e. The number of nitrogens with two attached hydrogens (primary N) is 1. The monoisotopic (exact) mass is 212 g/mol. The van der Waals surface area contributed by atoms with Crippen molar-refractivity contribution in [3.63, 3.8) is 0 Å². The number of nitrogens with zero attached hydrogens (tertiary/aromatic N) is 1. The van der Waals surface area contributed by atoms with E-state index in [1.807, 2.05) is 4.90 Å². The van der Waals surface area contributed by atoms with E-state index in [0.717, 1.165) is 19.4 Å². The fraction of sp³-hybridized carbons (Fsp3) is 0.917. The average molecular weight is 212 g/mol. The lowest BCUT2D eigenvalue weighted by molar-refractivity contribution is -0.134. The molecule has 2 unspecified atom stereocenters. The molecule has 0 heterocycles. The molecule has 0 aromatic rings. The summed E-state index contributed by atoms with van der Waals surface area (Å²) in [6, 6.07) is 0.437. The highest BCUT2D eigenvalue weighted by atomic mass is 16.2. The van der Waals surface area contributed by atoms with Crippen molar-refractivity contribution in [2.75, 3.05) is 6.54 Å². The van der Waals surface area contributed by atoms with E-state index < -0.39 is 0 Å². The van der Waals surface area contributed by atoms with E-state index >= 15 is 0 Å². The number of hydrogen-bond acceptors (Lipinski definition) is 2. The van der Waals surface area contributed by atoms with Gasteiger partial charge in [-0.1, -0.05) is 19.8 Å². The number of carbonyl (C=O) groups excluding carboxylic acids is 1. The minimum Gasteiger partial charge on any atom is -0.340 e. The van der Waals surface area contributed by atoms with Crippen molar-refractivity contribution in [2.45, 2.75) is 58.5 Å². The Bertz CT molecular complexity index is 216. The summed E-state index contributed by atoms with van der Waals surface area (Å²) in [5.74, 6) is 0.391.